The van der Waals surface area contributed by atoms with Crippen LogP contribution in [0.5, 0.6) is 0 Å². The van der Waals surface area contributed by atoms with Crippen LogP contribution in [-0.2, 0) is 4.74 Å². The lowest BCUT2D eigenvalue weighted by atomic mass is 9.93. The molecule has 0 atom stereocenters. The van der Waals surface area contributed by atoms with Gasteiger partial charge in [-0.3, -0.25) is 15.4 Å². The third-order valence-electron chi connectivity index (χ3n) is 2.75. The summed E-state index contributed by atoms with van der Waals surface area (Å²) in [5.74, 6) is 0. The number of ether oxygens (including phenoxy) is 1. The molecule has 0 unspecified atom stereocenters. The summed E-state index contributed by atoms with van der Waals surface area (Å²) in [7, 11) is 0. The zero-order valence-electron chi connectivity index (χ0n) is 9.44. The van der Waals surface area contributed by atoms with Gasteiger partial charge in [-0.1, -0.05) is 0 Å². The Bertz CT molecular complexity index is 201. The van der Waals surface area contributed by atoms with Crippen LogP contribution in [0.4, 0.5) is 0 Å². The lowest BCUT2D eigenvalue weighted by molar-refractivity contribution is -0.527. The number of hydrogen-bond acceptors (Lipinski definition) is 4. The third-order valence-corrected chi connectivity index (χ3v) is 2.75. The maximum absolute atomic E-state index is 10.5. The fourth-order valence-electron chi connectivity index (χ4n) is 1.76. The van der Waals surface area contributed by atoms with Gasteiger partial charge in [-0.2, -0.15) is 0 Å². The fourth-order valence-corrected chi connectivity index (χ4v) is 1.76. The summed E-state index contributed by atoms with van der Waals surface area (Å²) < 4.78 is 5.59. The maximum Gasteiger partial charge on any atom is 0.213 e. The molecule has 1 saturated carbocycles. The van der Waals surface area contributed by atoms with E-state index in [2.05, 4.69) is 19.2 Å². The van der Waals surface area contributed by atoms with Crippen molar-refractivity contribution in [3.05, 3.63) is 10.1 Å². The van der Waals surface area contributed by atoms with E-state index in [4.69, 9.17) is 4.74 Å². The fraction of sp³-hybridized carbons (Fsp3) is 1.00. The Labute approximate surface area is 90.3 Å². The molecule has 0 bridgehead atoms. The zero-order valence-corrected chi connectivity index (χ0v) is 9.44. The van der Waals surface area contributed by atoms with Crippen LogP contribution in [0, 0.1) is 10.1 Å². The number of rotatable bonds is 5. The molecule has 5 heteroatoms. The van der Waals surface area contributed by atoms with Gasteiger partial charge < -0.3 is 4.74 Å². The van der Waals surface area contributed by atoms with Crippen molar-refractivity contribution in [2.24, 2.45) is 0 Å². The van der Waals surface area contributed by atoms with Gasteiger partial charge >= 0.3 is 0 Å². The molecule has 0 aromatic heterocycles. The zero-order chi connectivity index (χ0) is 11.3. The van der Waals surface area contributed by atoms with Gasteiger partial charge in [0.2, 0.25) is 6.04 Å². The highest BCUT2D eigenvalue weighted by molar-refractivity contribution is 4.72. The van der Waals surface area contributed by atoms with E-state index in [1.54, 1.807) is 0 Å². The van der Waals surface area contributed by atoms with Crippen molar-refractivity contribution in [1.29, 1.82) is 0 Å². The summed E-state index contributed by atoms with van der Waals surface area (Å²) in [6.07, 6.45) is 3.13. The minimum absolute atomic E-state index is 0.164. The van der Waals surface area contributed by atoms with Crippen molar-refractivity contribution in [1.82, 2.24) is 5.32 Å². The first-order valence-electron chi connectivity index (χ1n) is 5.58. The van der Waals surface area contributed by atoms with Crippen LogP contribution in [-0.4, -0.2) is 29.8 Å². The summed E-state index contributed by atoms with van der Waals surface area (Å²) in [6.45, 7) is 4.67. The highest BCUT2D eigenvalue weighted by Crippen LogP contribution is 2.22. The lowest BCUT2D eigenvalue weighted by Gasteiger charge is -2.24. The molecule has 5 nitrogen and oxygen atoms in total. The molecule has 0 aliphatic heterocycles. The van der Waals surface area contributed by atoms with Crippen molar-refractivity contribution in [3.8, 4) is 0 Å². The van der Waals surface area contributed by atoms with Crippen LogP contribution in [0.3, 0.4) is 0 Å². The Hall–Kier alpha value is -0.680. The smallest absolute Gasteiger partial charge is 0.213 e. The Morgan fingerprint density at radius 1 is 1.40 bits per heavy atom. The summed E-state index contributed by atoms with van der Waals surface area (Å²) in [5, 5.41) is 13.7. The number of nitrogens with zero attached hydrogens (tertiary/aromatic N) is 1. The monoisotopic (exact) mass is 216 g/mol. The van der Waals surface area contributed by atoms with E-state index in [0.29, 0.717) is 25.6 Å². The minimum atomic E-state index is -0.345. The average molecular weight is 216 g/mol. The molecular formula is C10H20N2O3. The first-order chi connectivity index (χ1) is 7.09. The predicted molar refractivity (Wildman–Crippen MR) is 57.3 cm³/mol. The van der Waals surface area contributed by atoms with E-state index in [0.717, 1.165) is 12.8 Å². The molecule has 0 radical (unpaired) electrons. The molecule has 1 N–H and O–H groups in total. The largest absolute Gasteiger partial charge is 0.363 e. The number of hydrogen-bond donors (Lipinski definition) is 1. The molecule has 1 aliphatic rings. The molecule has 0 spiro atoms. The van der Waals surface area contributed by atoms with E-state index in [9.17, 15) is 10.1 Å². The summed E-state index contributed by atoms with van der Waals surface area (Å²) in [5.41, 5.74) is 0. The minimum Gasteiger partial charge on any atom is -0.363 e. The van der Waals surface area contributed by atoms with E-state index < -0.39 is 0 Å². The van der Waals surface area contributed by atoms with Gasteiger partial charge in [0.05, 0.1) is 12.8 Å². The molecule has 0 amide bonds. The van der Waals surface area contributed by atoms with Crippen LogP contribution >= 0.6 is 0 Å². The quantitative estimate of drug-likeness (QED) is 0.430. The molecule has 1 fully saturated rings. The molecule has 1 aliphatic carbocycles. The second-order valence-electron chi connectivity index (χ2n) is 4.39. The standard InChI is InChI=1S/C10H20N2O3/c1-8(2)11-7-15-10-5-3-9(4-6-10)12(13)14/h8-11H,3-7H2,1-2H3. The van der Waals surface area contributed by atoms with Gasteiger partial charge in [-0.05, 0) is 26.7 Å². The molecular weight excluding hydrogens is 196 g/mol. The molecule has 0 aromatic carbocycles. The molecule has 0 heterocycles. The Morgan fingerprint density at radius 3 is 2.47 bits per heavy atom. The van der Waals surface area contributed by atoms with Crippen molar-refractivity contribution >= 4 is 0 Å². The van der Waals surface area contributed by atoms with Crippen molar-refractivity contribution in [3.63, 3.8) is 0 Å². The van der Waals surface area contributed by atoms with Crippen LogP contribution in [0.15, 0.2) is 0 Å². The van der Waals surface area contributed by atoms with E-state index in [-0.39, 0.29) is 17.1 Å². The van der Waals surface area contributed by atoms with Crippen molar-refractivity contribution < 1.29 is 9.66 Å². The first-order valence-corrected chi connectivity index (χ1v) is 5.58. The van der Waals surface area contributed by atoms with Gasteiger partial charge in [0.15, 0.2) is 0 Å². The van der Waals surface area contributed by atoms with E-state index in [1.165, 1.54) is 0 Å². The second kappa shape index (κ2) is 6.02. The topological polar surface area (TPSA) is 64.4 Å². The summed E-state index contributed by atoms with van der Waals surface area (Å²) in [4.78, 5) is 10.4. The SMILES string of the molecule is CC(C)NCOC1CCC([N+](=O)[O-])CC1. The van der Waals surface area contributed by atoms with Crippen LogP contribution in [0.25, 0.3) is 0 Å². The number of nitrogens with one attached hydrogen (secondary N) is 1. The third kappa shape index (κ3) is 4.57. The lowest BCUT2D eigenvalue weighted by Crippen LogP contribution is -2.33. The molecule has 0 aromatic rings. The Balaban J connectivity index is 2.12. The summed E-state index contributed by atoms with van der Waals surface area (Å²) >= 11 is 0. The van der Waals surface area contributed by atoms with Crippen molar-refractivity contribution in [2.45, 2.75) is 57.7 Å². The van der Waals surface area contributed by atoms with E-state index in [1.807, 2.05) is 0 Å². The van der Waals surface area contributed by atoms with E-state index >= 15 is 0 Å². The highest BCUT2D eigenvalue weighted by Gasteiger charge is 2.28. The van der Waals surface area contributed by atoms with Crippen molar-refractivity contribution in [2.75, 3.05) is 6.73 Å². The molecule has 15 heavy (non-hydrogen) atoms. The Kier molecular flexibility index (Phi) is 4.98. The van der Waals surface area contributed by atoms with Gasteiger partial charge in [-0.25, -0.2) is 0 Å². The van der Waals surface area contributed by atoms with Gasteiger partial charge in [0.1, 0.15) is 0 Å². The Morgan fingerprint density at radius 2 is 2.00 bits per heavy atom. The van der Waals surface area contributed by atoms with Crippen LogP contribution in [0.1, 0.15) is 39.5 Å². The highest BCUT2D eigenvalue weighted by atomic mass is 16.6. The van der Waals surface area contributed by atoms with Crippen LogP contribution in [0.2, 0.25) is 0 Å². The molecule has 0 saturated heterocycles. The van der Waals surface area contributed by atoms with Crippen LogP contribution < -0.4 is 5.32 Å². The molecule has 1 rings (SSSR count). The maximum atomic E-state index is 10.5. The van der Waals surface area contributed by atoms with Gasteiger partial charge in [-0.15, -0.1) is 0 Å². The van der Waals surface area contributed by atoms with Gasteiger partial charge in [0, 0.05) is 23.8 Å². The normalized spacial score (nSPS) is 26.9. The number of nitro groups is 1. The predicted octanol–water partition coefficient (Wildman–Crippen LogP) is 1.55. The second-order valence-corrected chi connectivity index (χ2v) is 4.39. The summed E-state index contributed by atoms with van der Waals surface area (Å²) in [6, 6.07) is 0.0722. The van der Waals surface area contributed by atoms with Gasteiger partial charge in [0.25, 0.3) is 0 Å². The average Bonchev–Trinajstić information content (AvgIpc) is 2.18. The first kappa shape index (κ1) is 12.4. The molecule has 88 valence electrons.